The Bertz CT molecular complexity index is 1170. The second kappa shape index (κ2) is 7.28. The zero-order chi connectivity index (χ0) is 19.7. The highest BCUT2D eigenvalue weighted by molar-refractivity contribution is 6.09. The molecule has 0 bridgehead atoms. The topological polar surface area (TPSA) is 92.3 Å². The van der Waals surface area contributed by atoms with Crippen molar-refractivity contribution in [3.63, 3.8) is 0 Å². The third-order valence-electron chi connectivity index (χ3n) is 4.51. The van der Waals surface area contributed by atoms with Crippen LogP contribution < -0.4 is 5.73 Å². The molecule has 4 aromatic rings. The predicted molar refractivity (Wildman–Crippen MR) is 108 cm³/mol. The number of hydrogen-bond acceptors (Lipinski definition) is 6. The molecule has 4 rings (SSSR count). The molecular formula is C21H20N4O3. The van der Waals surface area contributed by atoms with Crippen LogP contribution in [0, 0.1) is 6.92 Å². The number of nitrogens with zero attached hydrogens (tertiary/aromatic N) is 3. The van der Waals surface area contributed by atoms with Gasteiger partial charge in [-0.1, -0.05) is 29.8 Å². The lowest BCUT2D eigenvalue weighted by molar-refractivity contribution is 0.0391. The van der Waals surface area contributed by atoms with Crippen molar-refractivity contribution in [3.8, 4) is 5.69 Å². The third-order valence-corrected chi connectivity index (χ3v) is 4.51. The Morgan fingerprint density at radius 1 is 1.04 bits per heavy atom. The van der Waals surface area contributed by atoms with Crippen molar-refractivity contribution < 1.29 is 14.3 Å². The molecule has 7 nitrogen and oxygen atoms in total. The Morgan fingerprint density at radius 3 is 2.39 bits per heavy atom. The summed E-state index contributed by atoms with van der Waals surface area (Å²) < 4.78 is 12.0. The number of hydrogen-bond donors (Lipinski definition) is 1. The average molecular weight is 376 g/mol. The molecule has 0 radical (unpaired) electrons. The fourth-order valence-electron chi connectivity index (χ4n) is 3.11. The van der Waals surface area contributed by atoms with Crippen LogP contribution in [0.1, 0.15) is 15.9 Å². The fourth-order valence-corrected chi connectivity index (χ4v) is 3.11. The van der Waals surface area contributed by atoms with Crippen molar-refractivity contribution in [2.75, 3.05) is 26.1 Å². The lowest BCUT2D eigenvalue weighted by atomic mass is 10.2. The minimum Gasteiger partial charge on any atom is -0.459 e. The molecule has 0 spiro atoms. The predicted octanol–water partition coefficient (Wildman–Crippen LogP) is 3.27. The van der Waals surface area contributed by atoms with Crippen molar-refractivity contribution in [2.24, 2.45) is 0 Å². The first-order valence-electron chi connectivity index (χ1n) is 8.90. The number of carbonyl (C=O) groups is 1. The van der Waals surface area contributed by atoms with Gasteiger partial charge in [0.2, 0.25) is 0 Å². The second-order valence-corrected chi connectivity index (χ2v) is 6.44. The Hall–Kier alpha value is -3.45. The first-order chi connectivity index (χ1) is 13.6. The van der Waals surface area contributed by atoms with Crippen LogP contribution in [-0.4, -0.2) is 40.8 Å². The van der Waals surface area contributed by atoms with Crippen LogP contribution in [0.3, 0.4) is 0 Å². The number of anilines is 1. The summed E-state index contributed by atoms with van der Waals surface area (Å²) in [5, 5.41) is 0. The van der Waals surface area contributed by atoms with E-state index in [1.54, 1.807) is 11.7 Å². The van der Waals surface area contributed by atoms with E-state index in [9.17, 15) is 4.79 Å². The number of rotatable bonds is 5. The van der Waals surface area contributed by atoms with Gasteiger partial charge in [-0.05, 0) is 31.2 Å². The maximum Gasteiger partial charge on any atom is 0.344 e. The molecule has 2 aromatic heterocycles. The van der Waals surface area contributed by atoms with Crippen molar-refractivity contribution in [1.29, 1.82) is 0 Å². The molecular weight excluding hydrogens is 356 g/mol. The zero-order valence-electron chi connectivity index (χ0n) is 15.7. The molecule has 0 aliphatic rings. The van der Waals surface area contributed by atoms with E-state index in [4.69, 9.17) is 20.2 Å². The molecule has 142 valence electrons. The minimum absolute atomic E-state index is 0.132. The van der Waals surface area contributed by atoms with Gasteiger partial charge in [0.15, 0.2) is 5.65 Å². The summed E-state index contributed by atoms with van der Waals surface area (Å²) in [7, 11) is 1.54. The third kappa shape index (κ3) is 3.05. The molecule has 0 saturated heterocycles. The lowest BCUT2D eigenvalue weighted by Crippen LogP contribution is -2.12. The highest BCUT2D eigenvalue weighted by atomic mass is 16.6. The minimum atomic E-state index is -0.546. The summed E-state index contributed by atoms with van der Waals surface area (Å²) in [4.78, 5) is 22.1. The zero-order valence-corrected chi connectivity index (χ0v) is 15.7. The normalized spacial score (nSPS) is 11.2. The van der Waals surface area contributed by atoms with Crippen molar-refractivity contribution in [1.82, 2.24) is 14.5 Å². The maximum atomic E-state index is 12.8. The number of esters is 1. The number of para-hydroxylation sites is 2. The van der Waals surface area contributed by atoms with E-state index < -0.39 is 5.97 Å². The number of methoxy groups -OCH3 is 1. The number of fused-ring (bicyclic) bond motifs is 2. The van der Waals surface area contributed by atoms with Gasteiger partial charge < -0.3 is 15.2 Å². The summed E-state index contributed by atoms with van der Waals surface area (Å²) in [5.74, 6) is -0.299. The van der Waals surface area contributed by atoms with Crippen LogP contribution in [0.15, 0.2) is 48.5 Å². The molecule has 0 saturated carbocycles. The molecule has 2 heterocycles. The summed E-state index contributed by atoms with van der Waals surface area (Å²) in [5.41, 5.74) is 10.9. The quantitative estimate of drug-likeness (QED) is 0.424. The monoisotopic (exact) mass is 376 g/mol. The van der Waals surface area contributed by atoms with Gasteiger partial charge >= 0.3 is 5.97 Å². The van der Waals surface area contributed by atoms with Gasteiger partial charge in [-0.15, -0.1) is 0 Å². The van der Waals surface area contributed by atoms with Gasteiger partial charge in [0.1, 0.15) is 23.5 Å². The van der Waals surface area contributed by atoms with E-state index in [0.29, 0.717) is 23.3 Å². The summed E-state index contributed by atoms with van der Waals surface area (Å²) >= 11 is 0. The van der Waals surface area contributed by atoms with Gasteiger partial charge in [0.25, 0.3) is 0 Å². The van der Waals surface area contributed by atoms with Crippen LogP contribution in [0.25, 0.3) is 27.9 Å². The van der Waals surface area contributed by atoms with E-state index in [1.165, 1.54) is 0 Å². The van der Waals surface area contributed by atoms with Crippen molar-refractivity contribution in [2.45, 2.75) is 6.92 Å². The van der Waals surface area contributed by atoms with Crippen LogP contribution in [0.2, 0.25) is 0 Å². The molecule has 0 amide bonds. The highest BCUT2D eigenvalue weighted by Crippen LogP contribution is 2.31. The van der Waals surface area contributed by atoms with E-state index in [1.807, 2.05) is 55.5 Å². The molecule has 7 heteroatoms. The molecule has 0 unspecified atom stereocenters. The summed E-state index contributed by atoms with van der Waals surface area (Å²) in [6.45, 7) is 2.44. The van der Waals surface area contributed by atoms with Gasteiger partial charge in [0.05, 0.1) is 17.6 Å². The molecule has 0 atom stereocenters. The smallest absolute Gasteiger partial charge is 0.344 e. The largest absolute Gasteiger partial charge is 0.459 e. The van der Waals surface area contributed by atoms with E-state index in [0.717, 1.165) is 16.8 Å². The first-order valence-corrected chi connectivity index (χ1v) is 8.90. The van der Waals surface area contributed by atoms with Gasteiger partial charge in [-0.3, -0.25) is 4.57 Å². The van der Waals surface area contributed by atoms with Crippen LogP contribution in [0.4, 0.5) is 5.82 Å². The van der Waals surface area contributed by atoms with Crippen molar-refractivity contribution in [3.05, 3.63) is 59.7 Å². The maximum absolute atomic E-state index is 12.8. The number of benzene rings is 2. The number of aromatic nitrogens is 3. The van der Waals surface area contributed by atoms with Gasteiger partial charge in [-0.2, -0.15) is 0 Å². The fraction of sp³-hybridized carbons (Fsp3) is 0.190. The van der Waals surface area contributed by atoms with Crippen LogP contribution in [0.5, 0.6) is 0 Å². The molecule has 2 N–H and O–H groups in total. The number of nitrogens with two attached hydrogens (primary N) is 1. The molecule has 2 aromatic carbocycles. The average Bonchev–Trinajstić information content (AvgIpc) is 2.98. The van der Waals surface area contributed by atoms with E-state index in [2.05, 4.69) is 4.98 Å². The van der Waals surface area contributed by atoms with Crippen LogP contribution in [-0.2, 0) is 9.47 Å². The second-order valence-electron chi connectivity index (χ2n) is 6.44. The van der Waals surface area contributed by atoms with Crippen molar-refractivity contribution >= 4 is 34.0 Å². The lowest BCUT2D eigenvalue weighted by Gasteiger charge is -2.08. The Balaban J connectivity index is 1.97. The molecule has 28 heavy (non-hydrogen) atoms. The Labute approximate surface area is 161 Å². The SMILES string of the molecule is COCCOC(=O)c1c(N)n(-c2ccc(C)cc2)c2nc3ccccc3nc12. The number of nitrogen functional groups attached to an aromatic ring is 1. The Morgan fingerprint density at radius 2 is 1.71 bits per heavy atom. The number of aryl methyl sites for hydroxylation is 1. The van der Waals surface area contributed by atoms with Gasteiger partial charge in [-0.25, -0.2) is 14.8 Å². The molecule has 0 aliphatic heterocycles. The van der Waals surface area contributed by atoms with Crippen LogP contribution >= 0.6 is 0 Å². The van der Waals surface area contributed by atoms with E-state index in [-0.39, 0.29) is 18.0 Å². The molecule has 0 fully saturated rings. The highest BCUT2D eigenvalue weighted by Gasteiger charge is 2.25. The number of ether oxygens (including phenoxy) is 2. The first kappa shape index (κ1) is 17.9. The summed E-state index contributed by atoms with van der Waals surface area (Å²) in [6.07, 6.45) is 0. The van der Waals surface area contributed by atoms with Gasteiger partial charge in [0, 0.05) is 12.8 Å². The molecule has 0 aliphatic carbocycles. The standard InChI is InChI=1S/C21H20N4O3/c1-13-7-9-14(10-8-13)25-19(22)17(21(26)28-12-11-27-2)18-20(25)24-16-6-4-3-5-15(16)23-18/h3-10H,11-12,22H2,1-2H3. The summed E-state index contributed by atoms with van der Waals surface area (Å²) in [6, 6.07) is 15.3. The van der Waals surface area contributed by atoms with E-state index >= 15 is 0 Å². The Kier molecular flexibility index (Phi) is 4.67. The number of carbonyl (C=O) groups excluding carboxylic acids is 1.